The van der Waals surface area contributed by atoms with Crippen LogP contribution in [0.5, 0.6) is 0 Å². The second kappa shape index (κ2) is 10.6. The largest absolute Gasteiger partial charge is 0.337 e. The number of rotatable bonds is 7. The van der Waals surface area contributed by atoms with Crippen molar-refractivity contribution in [2.45, 2.75) is 42.7 Å². The van der Waals surface area contributed by atoms with Crippen LogP contribution in [0.1, 0.15) is 36.8 Å². The molecular weight excluding hydrogens is 483 g/mol. The van der Waals surface area contributed by atoms with Gasteiger partial charge in [-0.3, -0.25) is 4.79 Å². The molecule has 0 aliphatic carbocycles. The van der Waals surface area contributed by atoms with Crippen LogP contribution in [-0.4, -0.2) is 48.2 Å². The zero-order chi connectivity index (χ0) is 23.6. The molecule has 1 saturated heterocycles. The molecule has 8 nitrogen and oxygen atoms in total. The molecular formula is C23H26ClFN4O4S. The van der Waals surface area contributed by atoms with E-state index in [1.165, 1.54) is 18.2 Å². The topological polar surface area (TPSA) is 119 Å². The molecule has 0 bridgehead atoms. The fraction of sp³-hybridized carbons (Fsp3) is 0.348. The number of likely N-dealkylation sites (tertiary alicyclic amines) is 1. The van der Waals surface area contributed by atoms with Crippen molar-refractivity contribution >= 4 is 28.2 Å². The van der Waals surface area contributed by atoms with Crippen LogP contribution in [0.4, 0.5) is 4.39 Å². The molecule has 1 amide bonds. The van der Waals surface area contributed by atoms with Gasteiger partial charge in [0.15, 0.2) is 9.84 Å². The van der Waals surface area contributed by atoms with Gasteiger partial charge in [0.1, 0.15) is 11.9 Å². The second-order valence-corrected chi connectivity index (χ2v) is 10.3. The monoisotopic (exact) mass is 508 g/mol. The maximum atomic E-state index is 13.9. The van der Waals surface area contributed by atoms with Crippen LogP contribution in [0.25, 0.3) is 11.4 Å². The smallest absolute Gasteiger partial charge is 0.249 e. The van der Waals surface area contributed by atoms with Crippen molar-refractivity contribution in [1.82, 2.24) is 15.0 Å². The normalized spacial score (nSPS) is 16.8. The van der Waals surface area contributed by atoms with Crippen molar-refractivity contribution in [1.29, 1.82) is 0 Å². The Kier molecular flexibility index (Phi) is 8.06. The molecule has 3 aromatic rings. The molecule has 1 aliphatic rings. The molecule has 182 valence electrons. The summed E-state index contributed by atoms with van der Waals surface area (Å²) in [6, 6.07) is 11.7. The maximum Gasteiger partial charge on any atom is 0.249 e. The van der Waals surface area contributed by atoms with E-state index in [9.17, 15) is 17.6 Å². The Morgan fingerprint density at radius 1 is 1.24 bits per heavy atom. The van der Waals surface area contributed by atoms with Crippen molar-refractivity contribution in [3.05, 3.63) is 65.8 Å². The van der Waals surface area contributed by atoms with Gasteiger partial charge < -0.3 is 15.2 Å². The van der Waals surface area contributed by atoms with Crippen LogP contribution in [0.2, 0.25) is 0 Å². The van der Waals surface area contributed by atoms with E-state index in [2.05, 4.69) is 10.1 Å². The minimum atomic E-state index is -3.30. The highest BCUT2D eigenvalue weighted by molar-refractivity contribution is 7.90. The van der Waals surface area contributed by atoms with Gasteiger partial charge in [0.25, 0.3) is 0 Å². The summed E-state index contributed by atoms with van der Waals surface area (Å²) < 4.78 is 42.6. The third-order valence-electron chi connectivity index (χ3n) is 5.72. The molecule has 0 saturated carbocycles. The summed E-state index contributed by atoms with van der Waals surface area (Å²) in [4.78, 5) is 19.3. The first kappa shape index (κ1) is 25.8. The number of hydrogen-bond acceptors (Lipinski definition) is 7. The van der Waals surface area contributed by atoms with Crippen LogP contribution < -0.4 is 5.73 Å². The summed E-state index contributed by atoms with van der Waals surface area (Å²) in [5.41, 5.74) is 7.24. The molecule has 11 heteroatoms. The van der Waals surface area contributed by atoms with Gasteiger partial charge >= 0.3 is 0 Å². The van der Waals surface area contributed by atoms with E-state index in [1.54, 1.807) is 35.2 Å². The molecule has 0 unspecified atom stereocenters. The molecule has 2 aromatic carbocycles. The van der Waals surface area contributed by atoms with E-state index in [-0.39, 0.29) is 47.9 Å². The Morgan fingerprint density at radius 3 is 2.62 bits per heavy atom. The lowest BCUT2D eigenvalue weighted by molar-refractivity contribution is -0.132. The van der Waals surface area contributed by atoms with Crippen LogP contribution in [-0.2, 0) is 21.1 Å². The lowest BCUT2D eigenvalue weighted by Gasteiger charge is -2.23. The van der Waals surface area contributed by atoms with Gasteiger partial charge in [-0.1, -0.05) is 23.4 Å². The number of sulfone groups is 1. The van der Waals surface area contributed by atoms with Crippen molar-refractivity contribution < 1.29 is 22.1 Å². The van der Waals surface area contributed by atoms with Crippen molar-refractivity contribution in [3.63, 3.8) is 0 Å². The molecule has 34 heavy (non-hydrogen) atoms. The standard InChI is InChI=1S/C23H25FN4O4S.ClH/c1-33(30,31)18-10-8-15(9-11-18)22-26-23(32-27-22)20-7-4-12-28(20)21(29)14-17(25)13-16-5-2-3-6-19(16)24;/h2-3,5-6,8-11,17,20H,4,7,12-14,25H2,1H3;1H/t17-,20+;/m1./s1. The van der Waals surface area contributed by atoms with E-state index >= 15 is 0 Å². The zero-order valence-electron chi connectivity index (χ0n) is 18.6. The predicted octanol–water partition coefficient (Wildman–Crippen LogP) is 3.32. The van der Waals surface area contributed by atoms with Gasteiger partial charge in [0.2, 0.25) is 17.6 Å². The van der Waals surface area contributed by atoms with Crippen molar-refractivity contribution in [2.24, 2.45) is 5.73 Å². The van der Waals surface area contributed by atoms with Crippen LogP contribution >= 0.6 is 12.4 Å². The van der Waals surface area contributed by atoms with Gasteiger partial charge in [0, 0.05) is 30.8 Å². The predicted molar refractivity (Wildman–Crippen MR) is 126 cm³/mol. The van der Waals surface area contributed by atoms with E-state index in [0.717, 1.165) is 12.7 Å². The van der Waals surface area contributed by atoms with Crippen molar-refractivity contribution in [2.75, 3.05) is 12.8 Å². The Bertz CT molecular complexity index is 1250. The van der Waals surface area contributed by atoms with Gasteiger partial charge in [-0.25, -0.2) is 12.8 Å². The van der Waals surface area contributed by atoms with Gasteiger partial charge in [-0.2, -0.15) is 4.98 Å². The lowest BCUT2D eigenvalue weighted by Crippen LogP contribution is -2.36. The first-order valence-electron chi connectivity index (χ1n) is 10.6. The summed E-state index contributed by atoms with van der Waals surface area (Å²) >= 11 is 0. The molecule has 1 aliphatic heterocycles. The second-order valence-electron chi connectivity index (χ2n) is 8.26. The van der Waals surface area contributed by atoms with Crippen molar-refractivity contribution in [3.8, 4) is 11.4 Å². The number of hydrogen-bond donors (Lipinski definition) is 1. The summed E-state index contributed by atoms with van der Waals surface area (Å²) in [7, 11) is -3.30. The number of carbonyl (C=O) groups is 1. The maximum absolute atomic E-state index is 13.9. The molecule has 2 N–H and O–H groups in total. The van der Waals surface area contributed by atoms with E-state index in [1.807, 2.05) is 0 Å². The fourth-order valence-electron chi connectivity index (χ4n) is 4.02. The summed E-state index contributed by atoms with van der Waals surface area (Å²) in [6.07, 6.45) is 2.97. The number of aromatic nitrogens is 2. The van der Waals surface area contributed by atoms with E-state index in [0.29, 0.717) is 35.8 Å². The van der Waals surface area contributed by atoms with Crippen LogP contribution in [0, 0.1) is 5.82 Å². The highest BCUT2D eigenvalue weighted by Crippen LogP contribution is 2.33. The summed E-state index contributed by atoms with van der Waals surface area (Å²) in [6.45, 7) is 0.552. The lowest BCUT2D eigenvalue weighted by atomic mass is 10.0. The average Bonchev–Trinajstić information content (AvgIpc) is 3.44. The Balaban J connectivity index is 0.00000324. The van der Waals surface area contributed by atoms with E-state index in [4.69, 9.17) is 10.3 Å². The van der Waals surface area contributed by atoms with Gasteiger partial charge in [-0.15, -0.1) is 12.4 Å². The summed E-state index contributed by atoms with van der Waals surface area (Å²) in [5, 5.41) is 4.00. The molecule has 1 fully saturated rings. The highest BCUT2D eigenvalue weighted by Gasteiger charge is 2.34. The van der Waals surface area contributed by atoms with Gasteiger partial charge in [0.05, 0.1) is 4.90 Å². The number of carbonyl (C=O) groups excluding carboxylic acids is 1. The number of amides is 1. The molecule has 4 rings (SSSR count). The number of benzene rings is 2. The number of nitrogens with zero attached hydrogens (tertiary/aromatic N) is 3. The molecule has 0 radical (unpaired) electrons. The minimum Gasteiger partial charge on any atom is -0.337 e. The van der Waals surface area contributed by atoms with Crippen LogP contribution in [0.3, 0.4) is 0 Å². The first-order chi connectivity index (χ1) is 15.7. The number of halogens is 2. The quantitative estimate of drug-likeness (QED) is 0.519. The number of nitrogens with two attached hydrogens (primary N) is 1. The van der Waals surface area contributed by atoms with Gasteiger partial charge in [-0.05, 0) is 55.2 Å². The molecule has 1 aromatic heterocycles. The fourth-order valence-corrected chi connectivity index (χ4v) is 4.65. The molecule has 2 atom stereocenters. The third-order valence-corrected chi connectivity index (χ3v) is 6.85. The average molecular weight is 509 g/mol. The van der Waals surface area contributed by atoms with Crippen LogP contribution in [0.15, 0.2) is 57.9 Å². The Morgan fingerprint density at radius 2 is 1.94 bits per heavy atom. The first-order valence-corrected chi connectivity index (χ1v) is 12.5. The minimum absolute atomic E-state index is 0. The summed E-state index contributed by atoms with van der Waals surface area (Å²) in [5.74, 6) is 0.173. The SMILES string of the molecule is CS(=O)(=O)c1ccc(-c2noc([C@@H]3CCCN3C(=O)C[C@H](N)Cc3ccccc3F)n2)cc1.Cl. The zero-order valence-corrected chi connectivity index (χ0v) is 20.2. The highest BCUT2D eigenvalue weighted by atomic mass is 35.5. The Hall–Kier alpha value is -2.82. The molecule has 0 spiro atoms. The Labute approximate surface area is 203 Å². The third kappa shape index (κ3) is 5.81. The van der Waals surface area contributed by atoms with E-state index < -0.39 is 15.9 Å². The molecule has 2 heterocycles.